The maximum absolute atomic E-state index is 11.5. The average molecular weight is 322 g/mol. The highest BCUT2D eigenvalue weighted by molar-refractivity contribution is 7.13. The van der Waals surface area contributed by atoms with Crippen molar-refractivity contribution in [1.82, 2.24) is 15.5 Å². The normalized spacial score (nSPS) is 13.4. The molecule has 22 heavy (non-hydrogen) atoms. The SMILES string of the molecule is C[C@@H](OC[C@@H](O)CNC(=O)Nc1nncs1)c1ccccc1. The van der Waals surface area contributed by atoms with Gasteiger partial charge in [-0.2, -0.15) is 0 Å². The van der Waals surface area contributed by atoms with Crippen molar-refractivity contribution in [2.45, 2.75) is 19.1 Å². The summed E-state index contributed by atoms with van der Waals surface area (Å²) in [5, 5.41) is 22.6. The number of nitrogens with one attached hydrogen (secondary N) is 2. The minimum absolute atomic E-state index is 0.0894. The molecule has 0 aliphatic rings. The van der Waals surface area contributed by atoms with E-state index >= 15 is 0 Å². The fourth-order valence-corrected chi connectivity index (χ4v) is 2.15. The minimum atomic E-state index is -0.786. The van der Waals surface area contributed by atoms with E-state index < -0.39 is 12.1 Å². The fraction of sp³-hybridized carbons (Fsp3) is 0.357. The highest BCUT2D eigenvalue weighted by atomic mass is 32.1. The van der Waals surface area contributed by atoms with Gasteiger partial charge in [0.05, 0.1) is 18.8 Å². The number of hydrogen-bond acceptors (Lipinski definition) is 6. The lowest BCUT2D eigenvalue weighted by Crippen LogP contribution is -2.37. The van der Waals surface area contributed by atoms with Crippen LogP contribution in [0.1, 0.15) is 18.6 Å². The van der Waals surface area contributed by atoms with Crippen LogP contribution in [0.25, 0.3) is 0 Å². The van der Waals surface area contributed by atoms with E-state index in [1.807, 2.05) is 37.3 Å². The number of nitrogens with zero attached hydrogens (tertiary/aromatic N) is 2. The summed E-state index contributed by atoms with van der Waals surface area (Å²) in [5.41, 5.74) is 2.56. The number of hydrogen-bond donors (Lipinski definition) is 3. The Morgan fingerprint density at radius 3 is 2.86 bits per heavy atom. The van der Waals surface area contributed by atoms with Crippen molar-refractivity contribution in [2.24, 2.45) is 0 Å². The molecule has 1 aromatic heterocycles. The van der Waals surface area contributed by atoms with Crippen LogP contribution in [0.3, 0.4) is 0 Å². The standard InChI is InChI=1S/C14H18N4O3S/c1-10(11-5-3-2-4-6-11)21-8-12(19)7-15-13(20)17-14-18-16-9-22-14/h2-6,9-10,12,19H,7-8H2,1H3,(H2,15,17,18,20)/t10-,12+/m1/s1. The second-order valence-corrected chi connectivity index (χ2v) is 5.45. The third-order valence-corrected chi connectivity index (χ3v) is 3.49. The van der Waals surface area contributed by atoms with E-state index in [2.05, 4.69) is 20.8 Å². The summed E-state index contributed by atoms with van der Waals surface area (Å²) in [6, 6.07) is 9.30. The van der Waals surface area contributed by atoms with Crippen molar-refractivity contribution in [3.05, 3.63) is 41.4 Å². The van der Waals surface area contributed by atoms with Gasteiger partial charge < -0.3 is 15.2 Å². The van der Waals surface area contributed by atoms with Crippen LogP contribution in [0.2, 0.25) is 0 Å². The Kier molecular flexibility index (Phi) is 6.26. The number of aliphatic hydroxyl groups excluding tert-OH is 1. The van der Waals surface area contributed by atoms with Crippen molar-refractivity contribution in [2.75, 3.05) is 18.5 Å². The quantitative estimate of drug-likeness (QED) is 0.722. The Bertz CT molecular complexity index is 565. The number of anilines is 1. The summed E-state index contributed by atoms with van der Waals surface area (Å²) in [7, 11) is 0. The fourth-order valence-electron chi connectivity index (χ4n) is 1.71. The lowest BCUT2D eigenvalue weighted by atomic mass is 10.1. The van der Waals surface area contributed by atoms with Crippen LogP contribution in [0.4, 0.5) is 9.93 Å². The molecule has 0 unspecified atom stereocenters. The van der Waals surface area contributed by atoms with E-state index in [4.69, 9.17) is 4.74 Å². The highest BCUT2D eigenvalue weighted by Crippen LogP contribution is 2.15. The summed E-state index contributed by atoms with van der Waals surface area (Å²) in [6.07, 6.45) is -0.905. The molecule has 0 aliphatic heterocycles. The number of amides is 2. The largest absolute Gasteiger partial charge is 0.389 e. The molecule has 0 saturated heterocycles. The zero-order chi connectivity index (χ0) is 15.8. The number of benzene rings is 1. The molecule has 0 saturated carbocycles. The Labute approximate surface area is 132 Å². The lowest BCUT2D eigenvalue weighted by Gasteiger charge is -2.17. The first kappa shape index (κ1) is 16.3. The van der Waals surface area contributed by atoms with Crippen molar-refractivity contribution >= 4 is 22.5 Å². The summed E-state index contributed by atoms with van der Waals surface area (Å²) < 4.78 is 5.59. The Balaban J connectivity index is 1.65. The smallest absolute Gasteiger partial charge is 0.321 e. The summed E-state index contributed by atoms with van der Waals surface area (Å²) in [5.74, 6) is 0. The van der Waals surface area contributed by atoms with Crippen LogP contribution < -0.4 is 10.6 Å². The van der Waals surface area contributed by atoms with E-state index in [1.54, 1.807) is 0 Å². The Hall–Kier alpha value is -2.03. The summed E-state index contributed by atoms with van der Waals surface area (Å²) in [6.45, 7) is 2.14. The van der Waals surface area contributed by atoms with Crippen LogP contribution in [0.15, 0.2) is 35.8 Å². The predicted octanol–water partition coefficient (Wildman–Crippen LogP) is 1.80. The first-order valence-electron chi connectivity index (χ1n) is 6.81. The number of aromatic nitrogens is 2. The van der Waals surface area contributed by atoms with Crippen molar-refractivity contribution in [1.29, 1.82) is 0 Å². The maximum atomic E-state index is 11.5. The molecule has 0 aliphatic carbocycles. The molecule has 2 amide bonds. The number of ether oxygens (including phenoxy) is 1. The molecule has 3 N–H and O–H groups in total. The van der Waals surface area contributed by atoms with Crippen LogP contribution in [0.5, 0.6) is 0 Å². The molecule has 1 aromatic carbocycles. The van der Waals surface area contributed by atoms with Gasteiger partial charge in [-0.05, 0) is 12.5 Å². The molecule has 0 spiro atoms. The summed E-state index contributed by atoms with van der Waals surface area (Å²) in [4.78, 5) is 11.5. The Morgan fingerprint density at radius 1 is 1.41 bits per heavy atom. The topological polar surface area (TPSA) is 96.4 Å². The van der Waals surface area contributed by atoms with Crippen LogP contribution >= 0.6 is 11.3 Å². The molecule has 118 valence electrons. The number of rotatable bonds is 7. The molecule has 0 bridgehead atoms. The first-order valence-corrected chi connectivity index (χ1v) is 7.68. The molecule has 2 rings (SSSR count). The van der Waals surface area contributed by atoms with E-state index in [-0.39, 0.29) is 19.3 Å². The zero-order valence-corrected chi connectivity index (χ0v) is 12.9. The van der Waals surface area contributed by atoms with Gasteiger partial charge in [-0.25, -0.2) is 4.79 Å². The van der Waals surface area contributed by atoms with Crippen molar-refractivity contribution < 1.29 is 14.6 Å². The number of urea groups is 1. The van der Waals surface area contributed by atoms with Crippen molar-refractivity contribution in [3.8, 4) is 0 Å². The lowest BCUT2D eigenvalue weighted by molar-refractivity contribution is -0.000953. The molecule has 1 heterocycles. The molecule has 2 atom stereocenters. The number of aliphatic hydroxyl groups is 1. The second-order valence-electron chi connectivity index (χ2n) is 4.62. The average Bonchev–Trinajstić information content (AvgIpc) is 3.04. The number of carbonyl (C=O) groups excluding carboxylic acids is 1. The van der Waals surface area contributed by atoms with E-state index in [9.17, 15) is 9.90 Å². The van der Waals surface area contributed by atoms with Gasteiger partial charge >= 0.3 is 6.03 Å². The van der Waals surface area contributed by atoms with E-state index in [0.29, 0.717) is 5.13 Å². The second kappa shape index (κ2) is 8.42. The van der Waals surface area contributed by atoms with Gasteiger partial charge in [-0.1, -0.05) is 41.7 Å². The van der Waals surface area contributed by atoms with Gasteiger partial charge in [-0.15, -0.1) is 10.2 Å². The van der Waals surface area contributed by atoms with Gasteiger partial charge in [0.1, 0.15) is 5.51 Å². The molecule has 0 fully saturated rings. The highest BCUT2D eigenvalue weighted by Gasteiger charge is 2.11. The molecule has 0 radical (unpaired) electrons. The molecule has 7 nitrogen and oxygen atoms in total. The third kappa shape index (κ3) is 5.40. The van der Waals surface area contributed by atoms with Crippen LogP contribution in [-0.2, 0) is 4.74 Å². The van der Waals surface area contributed by atoms with Crippen molar-refractivity contribution in [3.63, 3.8) is 0 Å². The Morgan fingerprint density at radius 2 is 2.18 bits per heavy atom. The minimum Gasteiger partial charge on any atom is -0.389 e. The predicted molar refractivity (Wildman–Crippen MR) is 83.7 cm³/mol. The molecular formula is C14H18N4O3S. The maximum Gasteiger partial charge on any atom is 0.321 e. The van der Waals surface area contributed by atoms with Gasteiger partial charge in [0.15, 0.2) is 0 Å². The zero-order valence-electron chi connectivity index (χ0n) is 12.1. The van der Waals surface area contributed by atoms with Gasteiger partial charge in [-0.3, -0.25) is 5.32 Å². The van der Waals surface area contributed by atoms with Gasteiger partial charge in [0.2, 0.25) is 5.13 Å². The molecule has 2 aromatic rings. The van der Waals surface area contributed by atoms with Gasteiger partial charge in [0.25, 0.3) is 0 Å². The number of carbonyl (C=O) groups is 1. The third-order valence-electron chi connectivity index (χ3n) is 2.89. The molecule has 8 heteroatoms. The van der Waals surface area contributed by atoms with Crippen LogP contribution in [-0.4, -0.2) is 40.6 Å². The van der Waals surface area contributed by atoms with E-state index in [1.165, 1.54) is 16.8 Å². The van der Waals surface area contributed by atoms with Gasteiger partial charge in [0, 0.05) is 6.54 Å². The first-order chi connectivity index (χ1) is 10.6. The van der Waals surface area contributed by atoms with Crippen LogP contribution in [0, 0.1) is 0 Å². The summed E-state index contributed by atoms with van der Waals surface area (Å²) >= 11 is 1.22. The van der Waals surface area contributed by atoms with E-state index in [0.717, 1.165) is 5.56 Å². The monoisotopic (exact) mass is 322 g/mol. The molecular weight excluding hydrogens is 304 g/mol.